The summed E-state index contributed by atoms with van der Waals surface area (Å²) in [5.41, 5.74) is 7.39. The molecule has 36 heavy (non-hydrogen) atoms. The zero-order valence-electron chi connectivity index (χ0n) is 19.4. The van der Waals surface area contributed by atoms with E-state index in [1.165, 1.54) is 19.4 Å². The number of carbonyl (C=O) groups is 1. The molecule has 2 N–H and O–H groups in total. The van der Waals surface area contributed by atoms with E-state index in [1.807, 2.05) is 23.1 Å². The van der Waals surface area contributed by atoms with Gasteiger partial charge < -0.3 is 19.9 Å². The molecular weight excluding hydrogens is 498 g/mol. The Bertz CT molecular complexity index is 1190. The number of esters is 1. The second kappa shape index (κ2) is 11.6. The van der Waals surface area contributed by atoms with Crippen LogP contribution in [0.25, 0.3) is 11.4 Å². The molecule has 192 valence electrons. The zero-order valence-corrected chi connectivity index (χ0v) is 20.2. The number of aromatic nitrogens is 4. The highest BCUT2D eigenvalue weighted by Crippen LogP contribution is 2.29. The van der Waals surface area contributed by atoms with Crippen LogP contribution in [0.1, 0.15) is 17.7 Å². The Labute approximate surface area is 210 Å². The Morgan fingerprint density at radius 1 is 1.31 bits per heavy atom. The quantitative estimate of drug-likeness (QED) is 0.334. The van der Waals surface area contributed by atoms with E-state index in [4.69, 9.17) is 31.5 Å². The summed E-state index contributed by atoms with van der Waals surface area (Å²) in [5, 5.41) is 4.08. The highest BCUT2D eigenvalue weighted by Gasteiger charge is 2.30. The van der Waals surface area contributed by atoms with Crippen LogP contribution in [0.5, 0.6) is 5.75 Å². The number of methoxy groups -OCH3 is 1. The Morgan fingerprint density at radius 3 is 2.86 bits per heavy atom. The number of nitrogens with zero attached hydrogens (tertiary/aromatic N) is 5. The number of nitrogens with two attached hydrogens (primary N) is 1. The van der Waals surface area contributed by atoms with Crippen LogP contribution in [-0.4, -0.2) is 76.7 Å². The molecule has 0 amide bonds. The van der Waals surface area contributed by atoms with Gasteiger partial charge in [-0.2, -0.15) is 13.9 Å². The van der Waals surface area contributed by atoms with E-state index in [1.54, 1.807) is 6.07 Å². The molecule has 1 fully saturated rings. The molecule has 1 aliphatic heterocycles. The summed E-state index contributed by atoms with van der Waals surface area (Å²) in [6.45, 7) is -0.715. The van der Waals surface area contributed by atoms with Crippen LogP contribution in [0.3, 0.4) is 0 Å². The van der Waals surface area contributed by atoms with Crippen LogP contribution in [-0.2, 0) is 20.7 Å². The van der Waals surface area contributed by atoms with Crippen LogP contribution in [0.15, 0.2) is 36.5 Å². The maximum absolute atomic E-state index is 13.5. The number of benzene rings is 1. The molecule has 10 nitrogen and oxygen atoms in total. The van der Waals surface area contributed by atoms with Crippen molar-refractivity contribution >= 4 is 23.5 Å². The normalized spacial score (nSPS) is 16.3. The molecule has 1 saturated heterocycles. The Balaban J connectivity index is 1.52. The van der Waals surface area contributed by atoms with Gasteiger partial charge in [0.1, 0.15) is 29.2 Å². The fourth-order valence-corrected chi connectivity index (χ4v) is 4.15. The second-order valence-electron chi connectivity index (χ2n) is 7.98. The number of ether oxygens (including phenoxy) is 3. The van der Waals surface area contributed by atoms with Gasteiger partial charge in [0.25, 0.3) is 0 Å². The second-order valence-corrected chi connectivity index (χ2v) is 8.36. The molecule has 3 aromatic rings. The summed E-state index contributed by atoms with van der Waals surface area (Å²) < 4.78 is 43.8. The van der Waals surface area contributed by atoms with Gasteiger partial charge in [0, 0.05) is 37.3 Å². The van der Waals surface area contributed by atoms with E-state index in [0.717, 1.165) is 5.56 Å². The lowest BCUT2D eigenvalue weighted by Gasteiger charge is -2.33. The maximum atomic E-state index is 13.5. The molecule has 1 atom stereocenters. The summed E-state index contributed by atoms with van der Waals surface area (Å²) in [7, 11) is 1.34. The van der Waals surface area contributed by atoms with Crippen molar-refractivity contribution in [2.75, 3.05) is 45.8 Å². The van der Waals surface area contributed by atoms with Gasteiger partial charge in [-0.1, -0.05) is 29.8 Å². The van der Waals surface area contributed by atoms with Crippen LogP contribution < -0.4 is 10.5 Å². The van der Waals surface area contributed by atoms with E-state index in [2.05, 4.69) is 15.1 Å². The molecule has 4 rings (SSSR count). The number of hydrogen-bond acceptors (Lipinski definition) is 9. The third-order valence-corrected chi connectivity index (χ3v) is 5.86. The van der Waals surface area contributed by atoms with Crippen molar-refractivity contribution in [1.29, 1.82) is 0 Å². The number of hydrogen-bond donors (Lipinski definition) is 1. The van der Waals surface area contributed by atoms with Crippen molar-refractivity contribution in [2.24, 2.45) is 0 Å². The van der Waals surface area contributed by atoms with E-state index < -0.39 is 12.6 Å². The van der Waals surface area contributed by atoms with Crippen molar-refractivity contribution in [2.45, 2.75) is 19.0 Å². The maximum Gasteiger partial charge on any atom is 0.333 e. The lowest BCUT2D eigenvalue weighted by atomic mass is 10.0. The number of anilines is 1. The number of alkyl halides is 2. The summed E-state index contributed by atoms with van der Waals surface area (Å²) in [6.07, 6.45) is 1.50. The number of nitrogen functional groups attached to an aromatic ring is 1. The third kappa shape index (κ3) is 6.07. The Hall–Kier alpha value is -3.35. The molecule has 0 aliphatic carbocycles. The van der Waals surface area contributed by atoms with Gasteiger partial charge in [0.05, 0.1) is 26.0 Å². The minimum Gasteiger partial charge on any atom is -0.492 e. The third-order valence-electron chi connectivity index (χ3n) is 5.66. The topological polar surface area (TPSA) is 118 Å². The van der Waals surface area contributed by atoms with Gasteiger partial charge >= 0.3 is 12.5 Å². The molecule has 0 radical (unpaired) electrons. The molecule has 13 heteroatoms. The fraction of sp³-hybridized carbons (Fsp3) is 0.391. The highest BCUT2D eigenvalue weighted by atomic mass is 35.5. The summed E-state index contributed by atoms with van der Waals surface area (Å²) in [4.78, 5) is 21.9. The molecule has 1 aliphatic rings. The summed E-state index contributed by atoms with van der Waals surface area (Å²) in [5.74, 6) is 0.132. The molecule has 2 aromatic heterocycles. The average molecular weight is 523 g/mol. The number of para-hydroxylation sites is 1. The lowest BCUT2D eigenvalue weighted by molar-refractivity contribution is -0.153. The molecule has 1 aromatic carbocycles. The number of halogens is 3. The van der Waals surface area contributed by atoms with Crippen LogP contribution in [0.2, 0.25) is 5.15 Å². The standard InChI is InChI=1S/C23H25ClF2N6O4/c1-34-21(33)17-13-35-8-6-31(17)7-9-36-18-5-3-2-4-14(18)10-15-12-32(22(25)26)30-20(15)16-11-19(24)29-23(27)28-16/h2-5,11-12,17,22H,6-10,13H2,1H3,(H2,27,28,29)/t17-/m0/s1. The van der Waals surface area contributed by atoms with E-state index in [-0.39, 0.29) is 41.5 Å². The largest absolute Gasteiger partial charge is 0.492 e. The van der Waals surface area contributed by atoms with Gasteiger partial charge in [-0.15, -0.1) is 0 Å². The molecular formula is C23H25ClF2N6O4. The van der Waals surface area contributed by atoms with E-state index in [9.17, 15) is 13.6 Å². The number of rotatable bonds is 9. The molecule has 3 heterocycles. The first-order chi connectivity index (χ1) is 17.4. The number of morpholine rings is 1. The SMILES string of the molecule is COC(=O)[C@@H]1COCCN1CCOc1ccccc1Cc1cn(C(F)F)nc1-c1cc(Cl)nc(N)n1. The zero-order chi connectivity index (χ0) is 25.7. The van der Waals surface area contributed by atoms with Crippen LogP contribution in [0.4, 0.5) is 14.7 Å². The van der Waals surface area contributed by atoms with Gasteiger partial charge in [0.15, 0.2) is 0 Å². The first-order valence-electron chi connectivity index (χ1n) is 11.1. The predicted molar refractivity (Wildman–Crippen MR) is 127 cm³/mol. The van der Waals surface area contributed by atoms with Crippen molar-refractivity contribution in [3.63, 3.8) is 0 Å². The van der Waals surface area contributed by atoms with Gasteiger partial charge in [-0.3, -0.25) is 9.69 Å². The average Bonchev–Trinajstić information content (AvgIpc) is 3.28. The fourth-order valence-electron chi connectivity index (χ4n) is 3.96. The van der Waals surface area contributed by atoms with Gasteiger partial charge in [0.2, 0.25) is 5.95 Å². The summed E-state index contributed by atoms with van der Waals surface area (Å²) >= 11 is 5.99. The first-order valence-corrected chi connectivity index (χ1v) is 11.5. The lowest BCUT2D eigenvalue weighted by Crippen LogP contribution is -2.51. The van der Waals surface area contributed by atoms with Gasteiger partial charge in [-0.25, -0.2) is 14.6 Å². The van der Waals surface area contributed by atoms with Crippen LogP contribution in [0, 0.1) is 0 Å². The van der Waals surface area contributed by atoms with Crippen molar-refractivity contribution in [3.05, 3.63) is 52.8 Å². The molecule has 0 bridgehead atoms. The van der Waals surface area contributed by atoms with Crippen molar-refractivity contribution < 1.29 is 27.8 Å². The first kappa shape index (κ1) is 25.7. The van der Waals surface area contributed by atoms with E-state index >= 15 is 0 Å². The minimum atomic E-state index is -2.84. The van der Waals surface area contributed by atoms with Gasteiger partial charge in [-0.05, 0) is 11.6 Å². The monoisotopic (exact) mass is 522 g/mol. The summed E-state index contributed by atoms with van der Waals surface area (Å²) in [6, 6.07) is 8.21. The Kier molecular flexibility index (Phi) is 8.28. The Morgan fingerprint density at radius 2 is 2.11 bits per heavy atom. The predicted octanol–water partition coefficient (Wildman–Crippen LogP) is 2.81. The number of carbonyl (C=O) groups excluding carboxylic acids is 1. The van der Waals surface area contributed by atoms with Crippen LogP contribution >= 0.6 is 11.6 Å². The smallest absolute Gasteiger partial charge is 0.333 e. The van der Waals surface area contributed by atoms with Crippen molar-refractivity contribution in [3.8, 4) is 17.1 Å². The highest BCUT2D eigenvalue weighted by molar-refractivity contribution is 6.29. The molecule has 0 unspecified atom stereocenters. The molecule has 0 spiro atoms. The van der Waals surface area contributed by atoms with E-state index in [0.29, 0.717) is 42.3 Å². The molecule has 0 saturated carbocycles. The van der Waals surface area contributed by atoms with Crippen molar-refractivity contribution in [1.82, 2.24) is 24.6 Å². The minimum absolute atomic E-state index is 0.0761.